The van der Waals surface area contributed by atoms with Gasteiger partial charge in [-0.2, -0.15) is 0 Å². The number of sulfonamides is 1. The van der Waals surface area contributed by atoms with Crippen molar-refractivity contribution >= 4 is 31.9 Å². The van der Waals surface area contributed by atoms with Crippen molar-refractivity contribution in [2.75, 3.05) is 6.54 Å². The van der Waals surface area contributed by atoms with Crippen molar-refractivity contribution in [2.45, 2.75) is 37.0 Å². The van der Waals surface area contributed by atoms with Gasteiger partial charge >= 0.3 is 5.97 Å². The van der Waals surface area contributed by atoms with Crippen LogP contribution in [0.4, 0.5) is 0 Å². The Morgan fingerprint density at radius 1 is 1.19 bits per heavy atom. The van der Waals surface area contributed by atoms with Crippen molar-refractivity contribution in [1.82, 2.24) is 4.72 Å². The van der Waals surface area contributed by atoms with Crippen molar-refractivity contribution < 1.29 is 18.3 Å². The Morgan fingerprint density at radius 3 is 2.29 bits per heavy atom. The van der Waals surface area contributed by atoms with Crippen molar-refractivity contribution in [1.29, 1.82) is 0 Å². The van der Waals surface area contributed by atoms with Gasteiger partial charge in [0.05, 0.1) is 10.3 Å². The summed E-state index contributed by atoms with van der Waals surface area (Å²) in [5.74, 6) is -0.916. The maximum Gasteiger partial charge on any atom is 0.310 e. The van der Waals surface area contributed by atoms with E-state index < -0.39 is 21.4 Å². The minimum absolute atomic E-state index is 0.0548. The molecule has 0 radical (unpaired) electrons. The zero-order valence-electron chi connectivity index (χ0n) is 11.5. The second kappa shape index (κ2) is 6.46. The fraction of sp³-hybridized carbons (Fsp3) is 0.500. The molecule has 0 amide bonds. The Morgan fingerprint density at radius 2 is 1.76 bits per heavy atom. The molecular weight excluding hydrogens is 358 g/mol. The smallest absolute Gasteiger partial charge is 0.310 e. The monoisotopic (exact) mass is 375 g/mol. The number of halogens is 1. The minimum Gasteiger partial charge on any atom is -0.481 e. The van der Waals surface area contributed by atoms with Gasteiger partial charge in [0.15, 0.2) is 0 Å². The van der Waals surface area contributed by atoms with E-state index in [9.17, 15) is 18.3 Å². The summed E-state index contributed by atoms with van der Waals surface area (Å²) in [6, 6.07) is 6.26. The number of carboxylic acid groups (broad SMARTS) is 1. The van der Waals surface area contributed by atoms with Crippen LogP contribution in [0.5, 0.6) is 0 Å². The van der Waals surface area contributed by atoms with E-state index in [-0.39, 0.29) is 11.4 Å². The molecule has 0 atom stereocenters. The van der Waals surface area contributed by atoms with Crippen LogP contribution in [0.2, 0.25) is 0 Å². The summed E-state index contributed by atoms with van der Waals surface area (Å²) in [5, 5.41) is 9.45. The first-order valence-electron chi connectivity index (χ1n) is 6.84. The number of aliphatic carboxylic acids is 1. The lowest BCUT2D eigenvalue weighted by atomic mass is 9.74. The van der Waals surface area contributed by atoms with Gasteiger partial charge < -0.3 is 5.11 Å². The van der Waals surface area contributed by atoms with Crippen molar-refractivity contribution in [3.05, 3.63) is 28.7 Å². The van der Waals surface area contributed by atoms with E-state index in [1.54, 1.807) is 12.1 Å². The molecule has 116 valence electrons. The SMILES string of the molecule is O=C(O)C1(CNS(=O)(=O)c2ccc(Br)cc2)CCCCC1. The topological polar surface area (TPSA) is 83.5 Å². The number of hydrogen-bond acceptors (Lipinski definition) is 3. The first-order chi connectivity index (χ1) is 9.86. The van der Waals surface area contributed by atoms with Crippen LogP contribution in [0.3, 0.4) is 0 Å². The highest BCUT2D eigenvalue weighted by molar-refractivity contribution is 9.10. The molecular formula is C14H18BrNO4S. The van der Waals surface area contributed by atoms with Gasteiger partial charge in [-0.05, 0) is 37.1 Å². The minimum atomic E-state index is -3.68. The third-order valence-corrected chi connectivity index (χ3v) is 5.93. The molecule has 1 saturated carbocycles. The van der Waals surface area contributed by atoms with Crippen molar-refractivity contribution in [2.24, 2.45) is 5.41 Å². The van der Waals surface area contributed by atoms with E-state index >= 15 is 0 Å². The van der Waals surface area contributed by atoms with Crippen LogP contribution >= 0.6 is 15.9 Å². The van der Waals surface area contributed by atoms with E-state index in [0.717, 1.165) is 23.7 Å². The molecule has 21 heavy (non-hydrogen) atoms. The molecule has 0 saturated heterocycles. The number of carbonyl (C=O) groups is 1. The lowest BCUT2D eigenvalue weighted by Crippen LogP contribution is -2.44. The van der Waals surface area contributed by atoms with Gasteiger partial charge in [-0.15, -0.1) is 0 Å². The van der Waals surface area contributed by atoms with Gasteiger partial charge in [0.25, 0.3) is 0 Å². The van der Waals surface area contributed by atoms with Crippen molar-refractivity contribution in [3.63, 3.8) is 0 Å². The molecule has 5 nitrogen and oxygen atoms in total. The Hall–Kier alpha value is -0.920. The zero-order chi connectivity index (χ0) is 15.5. The predicted molar refractivity (Wildman–Crippen MR) is 82.5 cm³/mol. The lowest BCUT2D eigenvalue weighted by Gasteiger charge is -2.33. The first-order valence-corrected chi connectivity index (χ1v) is 9.12. The number of rotatable bonds is 5. The molecule has 0 spiro atoms. The largest absolute Gasteiger partial charge is 0.481 e. The number of carboxylic acids is 1. The van der Waals surface area contributed by atoms with Crippen LogP contribution in [-0.2, 0) is 14.8 Å². The van der Waals surface area contributed by atoms with E-state index in [1.807, 2.05) is 0 Å². The fourth-order valence-electron chi connectivity index (χ4n) is 2.63. The molecule has 1 fully saturated rings. The van der Waals surface area contributed by atoms with Gasteiger partial charge in [-0.25, -0.2) is 13.1 Å². The summed E-state index contributed by atoms with van der Waals surface area (Å²) in [4.78, 5) is 11.7. The van der Waals surface area contributed by atoms with E-state index in [4.69, 9.17) is 0 Å². The fourth-order valence-corrected chi connectivity index (χ4v) is 4.02. The molecule has 1 aromatic rings. The average Bonchev–Trinajstić information content (AvgIpc) is 2.46. The molecule has 0 aromatic heterocycles. The summed E-state index contributed by atoms with van der Waals surface area (Å²) in [5.41, 5.74) is -0.972. The van der Waals surface area contributed by atoms with Gasteiger partial charge in [0.1, 0.15) is 0 Å². The highest BCUT2D eigenvalue weighted by Gasteiger charge is 2.40. The van der Waals surface area contributed by atoms with E-state index in [1.165, 1.54) is 12.1 Å². The van der Waals surface area contributed by atoms with Gasteiger partial charge in [0.2, 0.25) is 10.0 Å². The van der Waals surface area contributed by atoms with Crippen LogP contribution in [0, 0.1) is 5.41 Å². The average molecular weight is 376 g/mol. The van der Waals surface area contributed by atoms with E-state index in [2.05, 4.69) is 20.7 Å². The maximum absolute atomic E-state index is 12.2. The number of benzene rings is 1. The molecule has 0 heterocycles. The molecule has 0 bridgehead atoms. The molecule has 0 unspecified atom stereocenters. The van der Waals surface area contributed by atoms with Gasteiger partial charge in [0, 0.05) is 11.0 Å². The van der Waals surface area contributed by atoms with Crippen LogP contribution in [0.25, 0.3) is 0 Å². The highest BCUT2D eigenvalue weighted by atomic mass is 79.9. The Labute approximate surface area is 132 Å². The number of nitrogens with one attached hydrogen (secondary N) is 1. The molecule has 7 heteroatoms. The predicted octanol–water partition coefficient (Wildman–Crippen LogP) is 2.76. The maximum atomic E-state index is 12.2. The highest BCUT2D eigenvalue weighted by Crippen LogP contribution is 2.36. The lowest BCUT2D eigenvalue weighted by molar-refractivity contribution is -0.150. The van der Waals surface area contributed by atoms with Crippen LogP contribution in [0.1, 0.15) is 32.1 Å². The second-order valence-electron chi connectivity index (χ2n) is 5.42. The quantitative estimate of drug-likeness (QED) is 0.828. The summed E-state index contributed by atoms with van der Waals surface area (Å²) >= 11 is 3.25. The summed E-state index contributed by atoms with van der Waals surface area (Å²) in [6.45, 7) is -0.0548. The standard InChI is InChI=1S/C14H18BrNO4S/c15-11-4-6-12(7-5-11)21(19,20)16-10-14(13(17)18)8-2-1-3-9-14/h4-7,16H,1-3,8-10H2,(H,17,18). The third kappa shape index (κ3) is 3.84. The molecule has 1 aromatic carbocycles. The van der Waals surface area contributed by atoms with E-state index in [0.29, 0.717) is 12.8 Å². The van der Waals surface area contributed by atoms with Crippen LogP contribution in [0.15, 0.2) is 33.6 Å². The van der Waals surface area contributed by atoms with Crippen LogP contribution in [-0.4, -0.2) is 26.0 Å². The van der Waals surface area contributed by atoms with Crippen LogP contribution < -0.4 is 4.72 Å². The molecule has 1 aliphatic rings. The molecule has 2 N–H and O–H groups in total. The summed E-state index contributed by atoms with van der Waals surface area (Å²) in [7, 11) is -3.68. The van der Waals surface area contributed by atoms with Crippen molar-refractivity contribution in [3.8, 4) is 0 Å². The Balaban J connectivity index is 2.13. The molecule has 0 aliphatic heterocycles. The second-order valence-corrected chi connectivity index (χ2v) is 8.11. The zero-order valence-corrected chi connectivity index (χ0v) is 13.9. The van der Waals surface area contributed by atoms with Gasteiger partial charge in [-0.3, -0.25) is 4.79 Å². The molecule has 2 rings (SSSR count). The third-order valence-electron chi connectivity index (χ3n) is 3.99. The normalized spacial score (nSPS) is 18.3. The Kier molecular flexibility index (Phi) is 5.06. The molecule has 1 aliphatic carbocycles. The number of hydrogen-bond donors (Lipinski definition) is 2. The first kappa shape index (κ1) is 16.5. The summed E-state index contributed by atoms with van der Waals surface area (Å²) < 4.78 is 27.7. The summed E-state index contributed by atoms with van der Waals surface area (Å²) in [6.07, 6.45) is 3.70. The van der Waals surface area contributed by atoms with Gasteiger partial charge in [-0.1, -0.05) is 35.2 Å². The Bertz CT molecular complexity index is 606.